The minimum Gasteiger partial charge on any atom is -0.373 e. The Balaban J connectivity index is 1.94. The highest BCUT2D eigenvalue weighted by Crippen LogP contribution is 2.22. The van der Waals surface area contributed by atoms with Crippen LogP contribution in [0, 0.1) is 6.92 Å². The molecule has 1 heterocycles. The van der Waals surface area contributed by atoms with Crippen LogP contribution in [-0.4, -0.2) is 17.0 Å². The molecule has 0 radical (unpaired) electrons. The van der Waals surface area contributed by atoms with E-state index in [1.54, 1.807) is 0 Å². The minimum atomic E-state index is 0.736. The van der Waals surface area contributed by atoms with Crippen molar-refractivity contribution >= 4 is 28.1 Å². The van der Waals surface area contributed by atoms with Crippen molar-refractivity contribution < 1.29 is 0 Å². The number of rotatable bonds is 3. The number of nitrogens with zero attached hydrogens (tertiary/aromatic N) is 2. The van der Waals surface area contributed by atoms with Crippen molar-refractivity contribution in [3.8, 4) is 0 Å². The summed E-state index contributed by atoms with van der Waals surface area (Å²) >= 11 is 0. The van der Waals surface area contributed by atoms with Crippen LogP contribution >= 0.6 is 0 Å². The summed E-state index contributed by atoms with van der Waals surface area (Å²) in [6.45, 7) is 1.88. The number of aryl methyl sites for hydroxylation is 1. The van der Waals surface area contributed by atoms with Gasteiger partial charge in [-0.2, -0.15) is 0 Å². The van der Waals surface area contributed by atoms with E-state index in [0.29, 0.717) is 0 Å². The molecule has 0 unspecified atom stereocenters. The summed E-state index contributed by atoms with van der Waals surface area (Å²) in [6, 6.07) is 16.5. The Bertz CT molecular complexity index is 752. The Kier molecular flexibility index (Phi) is 3.21. The molecule has 1 aromatic heterocycles. The molecule has 3 aromatic rings. The van der Waals surface area contributed by atoms with Crippen LogP contribution in [-0.2, 0) is 0 Å². The molecule has 0 atom stereocenters. The summed E-state index contributed by atoms with van der Waals surface area (Å²) < 4.78 is 0. The molecule has 4 nitrogen and oxygen atoms in total. The van der Waals surface area contributed by atoms with Crippen LogP contribution in [0.5, 0.6) is 0 Å². The van der Waals surface area contributed by atoms with Crippen LogP contribution in [0.25, 0.3) is 10.8 Å². The van der Waals surface area contributed by atoms with E-state index in [0.717, 1.165) is 23.1 Å². The molecule has 2 N–H and O–H groups in total. The summed E-state index contributed by atoms with van der Waals surface area (Å²) in [5, 5.41) is 8.79. The molecule has 20 heavy (non-hydrogen) atoms. The number of aromatic nitrogens is 2. The van der Waals surface area contributed by atoms with Crippen molar-refractivity contribution in [1.29, 1.82) is 0 Å². The molecule has 2 aromatic carbocycles. The van der Waals surface area contributed by atoms with Gasteiger partial charge in [-0.15, -0.1) is 0 Å². The molecule has 0 amide bonds. The molecule has 0 aliphatic rings. The van der Waals surface area contributed by atoms with E-state index in [2.05, 4.69) is 50.9 Å². The highest BCUT2D eigenvalue weighted by Gasteiger charge is 2.02. The fourth-order valence-corrected chi connectivity index (χ4v) is 2.17. The third-order valence-corrected chi connectivity index (χ3v) is 3.12. The first-order valence-electron chi connectivity index (χ1n) is 6.54. The van der Waals surface area contributed by atoms with Gasteiger partial charge in [0.15, 0.2) is 0 Å². The summed E-state index contributed by atoms with van der Waals surface area (Å²) in [4.78, 5) is 8.68. The molecule has 0 aliphatic carbocycles. The summed E-state index contributed by atoms with van der Waals surface area (Å²) in [6.07, 6.45) is 0. The Morgan fingerprint density at radius 1 is 0.850 bits per heavy atom. The second kappa shape index (κ2) is 5.17. The second-order valence-corrected chi connectivity index (χ2v) is 4.62. The normalized spacial score (nSPS) is 10.5. The topological polar surface area (TPSA) is 49.8 Å². The molecule has 4 heteroatoms. The van der Waals surface area contributed by atoms with Gasteiger partial charge in [-0.05, 0) is 29.8 Å². The van der Waals surface area contributed by atoms with Gasteiger partial charge >= 0.3 is 0 Å². The van der Waals surface area contributed by atoms with Gasteiger partial charge < -0.3 is 10.6 Å². The molecular weight excluding hydrogens is 248 g/mol. The first-order chi connectivity index (χ1) is 9.74. The lowest BCUT2D eigenvalue weighted by Crippen LogP contribution is -2.01. The first kappa shape index (κ1) is 12.4. The largest absolute Gasteiger partial charge is 0.373 e. The van der Waals surface area contributed by atoms with Gasteiger partial charge in [-0.1, -0.05) is 30.3 Å². The molecular formula is C16H16N4. The van der Waals surface area contributed by atoms with Crippen LogP contribution in [0.3, 0.4) is 0 Å². The minimum absolute atomic E-state index is 0.736. The maximum Gasteiger partial charge on any atom is 0.136 e. The summed E-state index contributed by atoms with van der Waals surface area (Å²) in [7, 11) is 1.85. The smallest absolute Gasteiger partial charge is 0.136 e. The zero-order valence-corrected chi connectivity index (χ0v) is 11.5. The molecule has 0 saturated heterocycles. The highest BCUT2D eigenvalue weighted by molar-refractivity contribution is 5.86. The van der Waals surface area contributed by atoms with Crippen LogP contribution in [0.2, 0.25) is 0 Å². The van der Waals surface area contributed by atoms with Crippen molar-refractivity contribution in [1.82, 2.24) is 9.97 Å². The van der Waals surface area contributed by atoms with Crippen LogP contribution in [0.4, 0.5) is 17.3 Å². The summed E-state index contributed by atoms with van der Waals surface area (Å²) in [5.41, 5.74) is 1.02. The van der Waals surface area contributed by atoms with E-state index in [1.807, 2.05) is 32.2 Å². The number of fused-ring (bicyclic) bond motifs is 1. The Labute approximate surface area is 117 Å². The molecule has 100 valence electrons. The number of nitrogens with one attached hydrogen (secondary N) is 2. The Hall–Kier alpha value is -2.62. The van der Waals surface area contributed by atoms with Gasteiger partial charge in [-0.25, -0.2) is 9.97 Å². The lowest BCUT2D eigenvalue weighted by Gasteiger charge is -2.09. The predicted molar refractivity (Wildman–Crippen MR) is 83.5 cm³/mol. The third kappa shape index (κ3) is 2.54. The predicted octanol–water partition coefficient (Wildman–Crippen LogP) is 3.72. The van der Waals surface area contributed by atoms with Crippen molar-refractivity contribution in [3.05, 3.63) is 54.4 Å². The average Bonchev–Trinajstić information content (AvgIpc) is 2.46. The molecule has 0 saturated carbocycles. The Morgan fingerprint density at radius 3 is 2.40 bits per heavy atom. The zero-order valence-electron chi connectivity index (χ0n) is 11.5. The molecule has 0 fully saturated rings. The van der Waals surface area contributed by atoms with E-state index < -0.39 is 0 Å². The molecule has 0 spiro atoms. The monoisotopic (exact) mass is 264 g/mol. The number of hydrogen-bond donors (Lipinski definition) is 2. The molecule has 0 aliphatic heterocycles. The van der Waals surface area contributed by atoms with Gasteiger partial charge in [-0.3, -0.25) is 0 Å². The van der Waals surface area contributed by atoms with Crippen molar-refractivity contribution in [2.24, 2.45) is 0 Å². The van der Waals surface area contributed by atoms with Crippen molar-refractivity contribution in [2.75, 3.05) is 17.7 Å². The van der Waals surface area contributed by atoms with Gasteiger partial charge in [0.05, 0.1) is 0 Å². The zero-order chi connectivity index (χ0) is 13.9. The van der Waals surface area contributed by atoms with E-state index in [9.17, 15) is 0 Å². The van der Waals surface area contributed by atoms with Crippen molar-refractivity contribution in [3.63, 3.8) is 0 Å². The van der Waals surface area contributed by atoms with E-state index in [-0.39, 0.29) is 0 Å². The van der Waals surface area contributed by atoms with Gasteiger partial charge in [0, 0.05) is 18.8 Å². The number of benzene rings is 2. The number of anilines is 3. The van der Waals surface area contributed by atoms with E-state index >= 15 is 0 Å². The molecule has 0 bridgehead atoms. The highest BCUT2D eigenvalue weighted by atomic mass is 15.1. The Morgan fingerprint density at radius 2 is 1.60 bits per heavy atom. The second-order valence-electron chi connectivity index (χ2n) is 4.62. The van der Waals surface area contributed by atoms with Crippen LogP contribution < -0.4 is 10.6 Å². The fraction of sp³-hybridized carbons (Fsp3) is 0.125. The van der Waals surface area contributed by atoms with Crippen LogP contribution in [0.15, 0.2) is 48.5 Å². The van der Waals surface area contributed by atoms with E-state index in [4.69, 9.17) is 0 Å². The standard InChI is InChI=1S/C16H16N4/c1-11-18-15(17-2)10-16(19-11)20-14-8-7-12-5-3-4-6-13(12)9-14/h3-10H,1-2H3,(H2,17,18,19,20). The van der Waals surface area contributed by atoms with Gasteiger partial charge in [0.2, 0.25) is 0 Å². The third-order valence-electron chi connectivity index (χ3n) is 3.12. The quantitative estimate of drug-likeness (QED) is 0.757. The lowest BCUT2D eigenvalue weighted by atomic mass is 10.1. The van der Waals surface area contributed by atoms with E-state index in [1.165, 1.54) is 10.8 Å². The fourth-order valence-electron chi connectivity index (χ4n) is 2.17. The first-order valence-corrected chi connectivity index (χ1v) is 6.54. The SMILES string of the molecule is CNc1cc(Nc2ccc3ccccc3c2)nc(C)n1. The maximum absolute atomic E-state index is 4.39. The summed E-state index contributed by atoms with van der Waals surface area (Å²) in [5.74, 6) is 2.33. The number of hydrogen-bond acceptors (Lipinski definition) is 4. The average molecular weight is 264 g/mol. The van der Waals surface area contributed by atoms with Crippen LogP contribution in [0.1, 0.15) is 5.82 Å². The molecule has 3 rings (SSSR count). The van der Waals surface area contributed by atoms with Gasteiger partial charge in [0.1, 0.15) is 17.5 Å². The maximum atomic E-state index is 4.39. The van der Waals surface area contributed by atoms with Crippen molar-refractivity contribution in [2.45, 2.75) is 6.92 Å². The van der Waals surface area contributed by atoms with Gasteiger partial charge in [0.25, 0.3) is 0 Å². The lowest BCUT2D eigenvalue weighted by molar-refractivity contribution is 1.06.